The van der Waals surface area contributed by atoms with Crippen LogP contribution < -0.4 is 0 Å². The van der Waals surface area contributed by atoms with Crippen LogP contribution >= 0.6 is 11.3 Å². The van der Waals surface area contributed by atoms with Crippen molar-refractivity contribution in [2.45, 2.75) is 20.0 Å². The van der Waals surface area contributed by atoms with Crippen LogP contribution in [0.1, 0.15) is 22.8 Å². The lowest BCUT2D eigenvalue weighted by atomic mass is 10.2. The number of hydrogen-bond acceptors (Lipinski definition) is 4. The molecule has 0 radical (unpaired) electrons. The Labute approximate surface area is 116 Å². The maximum absolute atomic E-state index is 12.3. The van der Waals surface area contributed by atoms with Crippen LogP contribution in [-0.2, 0) is 4.79 Å². The highest BCUT2D eigenvalue weighted by molar-refractivity contribution is 7.08. The fourth-order valence-corrected chi connectivity index (χ4v) is 2.97. The Balaban J connectivity index is 1.95. The first kappa shape index (κ1) is 14.0. The lowest BCUT2D eigenvalue weighted by Gasteiger charge is -2.35. The molecule has 1 aromatic rings. The van der Waals surface area contributed by atoms with Gasteiger partial charge in [0.1, 0.15) is 6.10 Å². The second-order valence-corrected chi connectivity index (χ2v) is 5.51. The van der Waals surface area contributed by atoms with Crippen LogP contribution in [0.3, 0.4) is 0 Å². The molecule has 1 aromatic heterocycles. The van der Waals surface area contributed by atoms with E-state index >= 15 is 0 Å². The minimum absolute atomic E-state index is 0.0305. The molecule has 1 aliphatic rings. The molecule has 1 fully saturated rings. The Morgan fingerprint density at radius 2 is 1.79 bits per heavy atom. The molecule has 0 aromatic carbocycles. The van der Waals surface area contributed by atoms with Gasteiger partial charge in [-0.3, -0.25) is 9.59 Å². The second-order valence-electron chi connectivity index (χ2n) is 4.76. The molecule has 6 heteroatoms. The van der Waals surface area contributed by atoms with Crippen molar-refractivity contribution in [3.8, 4) is 0 Å². The van der Waals surface area contributed by atoms with Crippen LogP contribution in [0.15, 0.2) is 10.8 Å². The van der Waals surface area contributed by atoms with Crippen LogP contribution in [0.4, 0.5) is 0 Å². The van der Waals surface area contributed by atoms with Crippen LogP contribution in [0.5, 0.6) is 0 Å². The smallest absolute Gasteiger partial charge is 0.255 e. The van der Waals surface area contributed by atoms with Crippen molar-refractivity contribution >= 4 is 23.2 Å². The number of piperazine rings is 1. The molecule has 2 heterocycles. The van der Waals surface area contributed by atoms with Gasteiger partial charge in [-0.1, -0.05) is 0 Å². The molecule has 0 aliphatic carbocycles. The van der Waals surface area contributed by atoms with E-state index in [0.29, 0.717) is 26.2 Å². The molecular formula is C13H18N2O3S. The van der Waals surface area contributed by atoms with E-state index in [1.807, 2.05) is 17.7 Å². The van der Waals surface area contributed by atoms with Gasteiger partial charge in [-0.25, -0.2) is 0 Å². The summed E-state index contributed by atoms with van der Waals surface area (Å²) in [6.45, 7) is 5.40. The number of nitrogens with zero attached hydrogens (tertiary/aromatic N) is 2. The quantitative estimate of drug-likeness (QED) is 0.869. The number of thiophene rings is 1. The van der Waals surface area contributed by atoms with Gasteiger partial charge in [0, 0.05) is 31.6 Å². The highest BCUT2D eigenvalue weighted by Crippen LogP contribution is 2.17. The number of amides is 2. The van der Waals surface area contributed by atoms with Crippen molar-refractivity contribution in [1.29, 1.82) is 0 Å². The lowest BCUT2D eigenvalue weighted by molar-refractivity contribution is -0.140. The Morgan fingerprint density at radius 3 is 2.26 bits per heavy atom. The molecule has 104 valence electrons. The van der Waals surface area contributed by atoms with E-state index in [0.717, 1.165) is 11.1 Å². The summed E-state index contributed by atoms with van der Waals surface area (Å²) >= 11 is 1.52. The van der Waals surface area contributed by atoms with E-state index in [1.54, 1.807) is 9.80 Å². The van der Waals surface area contributed by atoms with Gasteiger partial charge in [-0.05, 0) is 24.8 Å². The normalized spacial score (nSPS) is 17.4. The first-order valence-corrected chi connectivity index (χ1v) is 7.24. The summed E-state index contributed by atoms with van der Waals surface area (Å²) in [6.07, 6.45) is -0.971. The van der Waals surface area contributed by atoms with E-state index in [-0.39, 0.29) is 11.8 Å². The molecule has 1 aliphatic heterocycles. The molecule has 1 N–H and O–H groups in total. The Kier molecular flexibility index (Phi) is 4.21. The van der Waals surface area contributed by atoms with E-state index in [4.69, 9.17) is 0 Å². The standard InChI is InChI=1S/C13H18N2O3S/c1-9-7-19-8-11(9)13(18)15-5-3-14(4-6-15)12(17)10(2)16/h7-8,10,16H,3-6H2,1-2H3/t10-/m0/s1. The largest absolute Gasteiger partial charge is 0.384 e. The van der Waals surface area contributed by atoms with Gasteiger partial charge in [0.25, 0.3) is 11.8 Å². The first-order valence-electron chi connectivity index (χ1n) is 6.29. The van der Waals surface area contributed by atoms with E-state index in [1.165, 1.54) is 18.3 Å². The van der Waals surface area contributed by atoms with Gasteiger partial charge in [-0.15, -0.1) is 0 Å². The number of aliphatic hydroxyl groups is 1. The molecule has 2 rings (SSSR count). The average molecular weight is 282 g/mol. The highest BCUT2D eigenvalue weighted by Gasteiger charge is 2.27. The number of aliphatic hydroxyl groups excluding tert-OH is 1. The number of hydrogen-bond donors (Lipinski definition) is 1. The van der Waals surface area contributed by atoms with Gasteiger partial charge in [0.05, 0.1) is 5.56 Å². The number of carbonyl (C=O) groups excluding carboxylic acids is 2. The monoisotopic (exact) mass is 282 g/mol. The molecule has 0 bridgehead atoms. The molecule has 5 nitrogen and oxygen atoms in total. The predicted octanol–water partition coefficient (Wildman–Crippen LogP) is 0.722. The average Bonchev–Trinajstić information content (AvgIpc) is 2.83. The fraction of sp³-hybridized carbons (Fsp3) is 0.538. The second kappa shape index (κ2) is 5.71. The van der Waals surface area contributed by atoms with E-state index in [2.05, 4.69) is 0 Å². The van der Waals surface area contributed by atoms with Crippen LogP contribution in [0.25, 0.3) is 0 Å². The summed E-state index contributed by atoms with van der Waals surface area (Å²) < 4.78 is 0. The van der Waals surface area contributed by atoms with Crippen molar-refractivity contribution in [2.24, 2.45) is 0 Å². The minimum atomic E-state index is -0.971. The summed E-state index contributed by atoms with van der Waals surface area (Å²) in [5, 5.41) is 13.1. The van der Waals surface area contributed by atoms with Gasteiger partial charge >= 0.3 is 0 Å². The topological polar surface area (TPSA) is 60.9 Å². The Hall–Kier alpha value is -1.40. The molecule has 2 amide bonds. The maximum atomic E-state index is 12.3. The summed E-state index contributed by atoms with van der Waals surface area (Å²) in [7, 11) is 0. The van der Waals surface area contributed by atoms with E-state index < -0.39 is 6.10 Å². The van der Waals surface area contributed by atoms with Crippen LogP contribution in [0.2, 0.25) is 0 Å². The SMILES string of the molecule is Cc1cscc1C(=O)N1CCN(C(=O)[C@H](C)O)CC1. The molecular weight excluding hydrogens is 264 g/mol. The Bertz CT molecular complexity index is 476. The zero-order chi connectivity index (χ0) is 14.0. The number of aryl methyl sites for hydroxylation is 1. The van der Waals surface area contributed by atoms with Crippen LogP contribution in [0, 0.1) is 6.92 Å². The predicted molar refractivity (Wildman–Crippen MR) is 73.2 cm³/mol. The van der Waals surface area contributed by atoms with Crippen molar-refractivity contribution < 1.29 is 14.7 Å². The summed E-state index contributed by atoms with van der Waals surface area (Å²) in [6, 6.07) is 0. The third-order valence-electron chi connectivity index (χ3n) is 3.32. The molecule has 0 spiro atoms. The minimum Gasteiger partial charge on any atom is -0.384 e. The van der Waals surface area contributed by atoms with Crippen LogP contribution in [-0.4, -0.2) is 59.0 Å². The van der Waals surface area contributed by atoms with Crippen molar-refractivity contribution in [2.75, 3.05) is 26.2 Å². The zero-order valence-electron chi connectivity index (χ0n) is 11.1. The van der Waals surface area contributed by atoms with Crippen molar-refractivity contribution in [3.05, 3.63) is 21.9 Å². The Morgan fingerprint density at radius 1 is 1.21 bits per heavy atom. The molecule has 0 unspecified atom stereocenters. The maximum Gasteiger partial charge on any atom is 0.255 e. The highest BCUT2D eigenvalue weighted by atomic mass is 32.1. The van der Waals surface area contributed by atoms with Gasteiger partial charge in [0.2, 0.25) is 0 Å². The zero-order valence-corrected chi connectivity index (χ0v) is 11.9. The van der Waals surface area contributed by atoms with Crippen molar-refractivity contribution in [1.82, 2.24) is 9.80 Å². The molecule has 0 saturated carbocycles. The first-order chi connectivity index (χ1) is 9.00. The summed E-state index contributed by atoms with van der Waals surface area (Å²) in [5.74, 6) is -0.235. The third kappa shape index (κ3) is 2.96. The van der Waals surface area contributed by atoms with Crippen molar-refractivity contribution in [3.63, 3.8) is 0 Å². The summed E-state index contributed by atoms with van der Waals surface area (Å²) in [4.78, 5) is 27.3. The van der Waals surface area contributed by atoms with E-state index in [9.17, 15) is 14.7 Å². The number of carbonyl (C=O) groups is 2. The fourth-order valence-electron chi connectivity index (χ4n) is 2.14. The van der Waals surface area contributed by atoms with Gasteiger partial charge in [-0.2, -0.15) is 11.3 Å². The lowest BCUT2D eigenvalue weighted by Crippen LogP contribution is -2.52. The van der Waals surface area contributed by atoms with Gasteiger partial charge in [0.15, 0.2) is 0 Å². The third-order valence-corrected chi connectivity index (χ3v) is 4.18. The number of rotatable bonds is 2. The molecule has 1 saturated heterocycles. The summed E-state index contributed by atoms with van der Waals surface area (Å²) in [5.41, 5.74) is 1.75. The van der Waals surface area contributed by atoms with Gasteiger partial charge < -0.3 is 14.9 Å². The molecule has 19 heavy (non-hydrogen) atoms. The molecule has 1 atom stereocenters.